The maximum atomic E-state index is 12.2. The molecular weight excluding hydrogens is 322 g/mol. The lowest BCUT2D eigenvalue weighted by molar-refractivity contribution is 0.0517. The Hall–Kier alpha value is -2.34. The molecule has 23 heavy (non-hydrogen) atoms. The van der Waals surface area contributed by atoms with Crippen molar-refractivity contribution >= 4 is 34.8 Å². The van der Waals surface area contributed by atoms with Gasteiger partial charge in [-0.15, -0.1) is 11.6 Å². The molecule has 0 aromatic carbocycles. The van der Waals surface area contributed by atoms with Crippen LogP contribution in [0, 0.1) is 0 Å². The molecule has 0 atom stereocenters. The van der Waals surface area contributed by atoms with Gasteiger partial charge in [0.25, 0.3) is 0 Å². The highest BCUT2D eigenvalue weighted by Gasteiger charge is 2.22. The third-order valence-corrected chi connectivity index (χ3v) is 3.35. The Kier molecular flexibility index (Phi) is 5.39. The lowest BCUT2D eigenvalue weighted by Gasteiger charge is -2.04. The van der Waals surface area contributed by atoms with E-state index in [0.29, 0.717) is 11.1 Å². The summed E-state index contributed by atoms with van der Waals surface area (Å²) in [6.45, 7) is 3.38. The van der Waals surface area contributed by atoms with E-state index in [1.54, 1.807) is 25.3 Å². The molecule has 0 saturated carbocycles. The number of nitrogens with zero attached hydrogens (tertiary/aromatic N) is 1. The minimum absolute atomic E-state index is 0.0544. The molecule has 0 N–H and O–H groups in total. The van der Waals surface area contributed by atoms with Crippen LogP contribution in [0.15, 0.2) is 24.4 Å². The van der Waals surface area contributed by atoms with Crippen LogP contribution in [0.2, 0.25) is 0 Å². The zero-order valence-corrected chi connectivity index (χ0v) is 13.6. The third kappa shape index (κ3) is 3.53. The van der Waals surface area contributed by atoms with Crippen molar-refractivity contribution in [2.24, 2.45) is 0 Å². The number of ketones is 1. The van der Waals surface area contributed by atoms with Gasteiger partial charge in [0.15, 0.2) is 5.78 Å². The topological polar surface area (TPSA) is 74.1 Å². The van der Waals surface area contributed by atoms with Gasteiger partial charge in [-0.25, -0.2) is 9.59 Å². The van der Waals surface area contributed by atoms with E-state index in [-0.39, 0.29) is 36.1 Å². The predicted molar refractivity (Wildman–Crippen MR) is 84.4 cm³/mol. The van der Waals surface area contributed by atoms with E-state index in [1.807, 2.05) is 0 Å². The number of aromatic nitrogens is 1. The average molecular weight is 338 g/mol. The fraction of sp³-hybridized carbons (Fsp3) is 0.312. The van der Waals surface area contributed by atoms with E-state index in [1.165, 1.54) is 17.4 Å². The van der Waals surface area contributed by atoms with Gasteiger partial charge in [-0.2, -0.15) is 0 Å². The number of ether oxygens (including phenoxy) is 2. The molecule has 0 unspecified atom stereocenters. The Balaban J connectivity index is 2.59. The first-order chi connectivity index (χ1) is 11.0. The van der Waals surface area contributed by atoms with Crippen LogP contribution in [0.5, 0.6) is 0 Å². The number of fused-ring (bicyclic) bond motifs is 1. The predicted octanol–water partition coefficient (Wildman–Crippen LogP) is 2.71. The second-order valence-electron chi connectivity index (χ2n) is 4.72. The zero-order chi connectivity index (χ0) is 17.0. The van der Waals surface area contributed by atoms with E-state index >= 15 is 0 Å². The minimum atomic E-state index is -0.612. The number of hydrogen-bond donors (Lipinski definition) is 0. The maximum absolute atomic E-state index is 12.2. The number of halogens is 1. The van der Waals surface area contributed by atoms with Gasteiger partial charge in [0.1, 0.15) is 12.3 Å². The molecule has 0 saturated heterocycles. The first kappa shape index (κ1) is 17.0. The van der Waals surface area contributed by atoms with Crippen molar-refractivity contribution in [1.29, 1.82) is 0 Å². The highest BCUT2D eigenvalue weighted by atomic mass is 35.5. The third-order valence-electron chi connectivity index (χ3n) is 3.19. The van der Waals surface area contributed by atoms with E-state index in [2.05, 4.69) is 0 Å². The lowest BCUT2D eigenvalue weighted by Crippen LogP contribution is -2.08. The molecule has 2 aromatic heterocycles. The summed E-state index contributed by atoms with van der Waals surface area (Å²) in [6, 6.07) is 4.52. The number of carbonyl (C=O) groups is 3. The lowest BCUT2D eigenvalue weighted by atomic mass is 10.1. The van der Waals surface area contributed by atoms with Crippen molar-refractivity contribution in [3.63, 3.8) is 0 Å². The Morgan fingerprint density at radius 3 is 2.52 bits per heavy atom. The quantitative estimate of drug-likeness (QED) is 0.460. The molecule has 2 heterocycles. The van der Waals surface area contributed by atoms with Crippen LogP contribution in [-0.4, -0.2) is 41.2 Å². The minimum Gasteiger partial charge on any atom is -0.461 e. The Morgan fingerprint density at radius 2 is 1.91 bits per heavy atom. The molecular formula is C16H16ClNO5. The van der Waals surface area contributed by atoms with Gasteiger partial charge < -0.3 is 13.9 Å². The number of carbonyl (C=O) groups excluding carboxylic acids is 3. The largest absolute Gasteiger partial charge is 0.461 e. The molecule has 0 fully saturated rings. The standard InChI is InChI=1S/C16H16ClNO5/c1-3-22-16(21)14-9-12(15(20)23-7-5-17)13-8-11(10(2)19)4-6-18(13)14/h4,6,8-9H,3,5,7H2,1-2H3. The van der Waals surface area contributed by atoms with Crippen molar-refractivity contribution in [2.45, 2.75) is 13.8 Å². The van der Waals surface area contributed by atoms with Gasteiger partial charge in [0.05, 0.1) is 23.6 Å². The second kappa shape index (κ2) is 7.28. The van der Waals surface area contributed by atoms with Crippen molar-refractivity contribution < 1.29 is 23.9 Å². The van der Waals surface area contributed by atoms with Gasteiger partial charge in [0, 0.05) is 11.8 Å². The number of hydrogen-bond acceptors (Lipinski definition) is 5. The fourth-order valence-corrected chi connectivity index (χ4v) is 2.23. The Bertz CT molecular complexity index is 765. The Morgan fingerprint density at radius 1 is 1.17 bits per heavy atom. The maximum Gasteiger partial charge on any atom is 0.355 e. The molecule has 0 amide bonds. The van der Waals surface area contributed by atoms with Crippen LogP contribution in [0.4, 0.5) is 0 Å². The van der Waals surface area contributed by atoms with Crippen molar-refractivity contribution in [3.05, 3.63) is 41.2 Å². The monoisotopic (exact) mass is 337 g/mol. The van der Waals surface area contributed by atoms with Crippen molar-refractivity contribution in [1.82, 2.24) is 4.40 Å². The summed E-state index contributed by atoms with van der Waals surface area (Å²) in [6.07, 6.45) is 1.55. The normalized spacial score (nSPS) is 10.6. The van der Waals surface area contributed by atoms with E-state index in [9.17, 15) is 14.4 Å². The van der Waals surface area contributed by atoms with Gasteiger partial charge in [-0.1, -0.05) is 0 Å². The number of esters is 2. The van der Waals surface area contributed by atoms with Gasteiger partial charge in [-0.05, 0) is 32.0 Å². The highest BCUT2D eigenvalue weighted by Crippen LogP contribution is 2.21. The summed E-state index contributed by atoms with van der Waals surface area (Å²) in [7, 11) is 0. The second-order valence-corrected chi connectivity index (χ2v) is 5.09. The number of Topliss-reactive ketones (excluding diaryl/α,β-unsaturated/α-hetero) is 1. The van der Waals surface area contributed by atoms with Gasteiger partial charge in [0.2, 0.25) is 0 Å². The zero-order valence-electron chi connectivity index (χ0n) is 12.8. The molecule has 122 valence electrons. The molecule has 7 heteroatoms. The summed E-state index contributed by atoms with van der Waals surface area (Å²) < 4.78 is 11.5. The van der Waals surface area contributed by atoms with Crippen LogP contribution in [0.3, 0.4) is 0 Å². The molecule has 0 aliphatic heterocycles. The summed E-state index contributed by atoms with van der Waals surface area (Å²) >= 11 is 5.51. The van der Waals surface area contributed by atoms with E-state index in [4.69, 9.17) is 21.1 Å². The summed E-state index contributed by atoms with van der Waals surface area (Å²) in [5.41, 5.74) is 1.20. The molecule has 2 rings (SSSR count). The summed E-state index contributed by atoms with van der Waals surface area (Å²) in [5, 5.41) is 0. The molecule has 0 bridgehead atoms. The van der Waals surface area contributed by atoms with Crippen LogP contribution < -0.4 is 0 Å². The number of pyridine rings is 1. The van der Waals surface area contributed by atoms with Gasteiger partial charge in [-0.3, -0.25) is 4.79 Å². The molecule has 0 aliphatic rings. The van der Waals surface area contributed by atoms with Crippen LogP contribution in [0.1, 0.15) is 45.1 Å². The fourth-order valence-electron chi connectivity index (χ4n) is 2.15. The highest BCUT2D eigenvalue weighted by molar-refractivity contribution is 6.18. The molecule has 6 nitrogen and oxygen atoms in total. The first-order valence-electron chi connectivity index (χ1n) is 7.05. The molecule has 2 aromatic rings. The average Bonchev–Trinajstić information content (AvgIpc) is 2.91. The molecule has 0 spiro atoms. The molecule has 0 radical (unpaired) electrons. The summed E-state index contributed by atoms with van der Waals surface area (Å²) in [4.78, 5) is 35.8. The van der Waals surface area contributed by atoms with Gasteiger partial charge >= 0.3 is 11.9 Å². The van der Waals surface area contributed by atoms with Crippen molar-refractivity contribution in [3.8, 4) is 0 Å². The Labute approximate surface area is 137 Å². The van der Waals surface area contributed by atoms with Crippen LogP contribution in [0.25, 0.3) is 5.52 Å². The number of rotatable bonds is 6. The smallest absolute Gasteiger partial charge is 0.355 e. The van der Waals surface area contributed by atoms with Crippen LogP contribution >= 0.6 is 11.6 Å². The van der Waals surface area contributed by atoms with E-state index < -0.39 is 11.9 Å². The van der Waals surface area contributed by atoms with Crippen molar-refractivity contribution in [2.75, 3.05) is 19.1 Å². The summed E-state index contributed by atoms with van der Waals surface area (Å²) in [5.74, 6) is -1.15. The SMILES string of the molecule is CCOC(=O)c1cc(C(=O)OCCCl)c2cc(C(C)=O)ccn12. The first-order valence-corrected chi connectivity index (χ1v) is 7.59. The number of alkyl halides is 1. The van der Waals surface area contributed by atoms with E-state index in [0.717, 1.165) is 0 Å². The van der Waals surface area contributed by atoms with Crippen LogP contribution in [-0.2, 0) is 9.47 Å². The molecule has 0 aliphatic carbocycles.